The molecule has 0 amide bonds. The van der Waals surface area contributed by atoms with Crippen LogP contribution in [0.1, 0.15) is 64.2 Å². The molecule has 1 N–H and O–H groups in total. The van der Waals surface area contributed by atoms with Gasteiger partial charge in [-0.2, -0.15) is 0 Å². The van der Waals surface area contributed by atoms with Gasteiger partial charge in [-0.05, 0) is 25.0 Å². The third-order valence-corrected chi connectivity index (χ3v) is 3.50. The van der Waals surface area contributed by atoms with Crippen molar-refractivity contribution >= 4 is 11.9 Å². The van der Waals surface area contributed by atoms with Gasteiger partial charge in [0.15, 0.2) is 0 Å². The molecule has 122 valence electrons. The van der Waals surface area contributed by atoms with Gasteiger partial charge in [-0.15, -0.1) is 0 Å². The summed E-state index contributed by atoms with van der Waals surface area (Å²) in [5.74, 6) is -0.267. The molecule has 0 aromatic heterocycles. The van der Waals surface area contributed by atoms with Crippen LogP contribution in [0.25, 0.3) is 0 Å². The van der Waals surface area contributed by atoms with Crippen molar-refractivity contribution < 1.29 is 19.4 Å². The molecule has 0 aliphatic heterocycles. The first-order chi connectivity index (χ1) is 10.7. The predicted octanol–water partition coefficient (Wildman–Crippen LogP) is 4.58. The average Bonchev–Trinajstić information content (AvgIpc) is 2.50. The lowest BCUT2D eigenvalue weighted by Crippen LogP contribution is -2.07. The molecule has 0 saturated carbocycles. The summed E-state index contributed by atoms with van der Waals surface area (Å²) < 4.78 is 5.22. The maximum absolute atomic E-state index is 11.6. The van der Waals surface area contributed by atoms with Crippen molar-refractivity contribution in [2.75, 3.05) is 0 Å². The van der Waals surface area contributed by atoms with Crippen LogP contribution in [0.3, 0.4) is 0 Å². The van der Waals surface area contributed by atoms with Gasteiger partial charge in [0.25, 0.3) is 0 Å². The fraction of sp³-hybridized carbons (Fsp3) is 0.556. The van der Waals surface area contributed by atoms with Gasteiger partial charge in [-0.1, -0.05) is 56.7 Å². The average molecular weight is 306 g/mol. The number of carbonyl (C=O) groups is 2. The molecule has 22 heavy (non-hydrogen) atoms. The minimum absolute atomic E-state index is 0.167. The normalized spacial score (nSPS) is 10.4. The van der Waals surface area contributed by atoms with E-state index < -0.39 is 5.97 Å². The molecule has 1 rings (SSSR count). The zero-order valence-corrected chi connectivity index (χ0v) is 13.1. The fourth-order valence-electron chi connectivity index (χ4n) is 2.28. The monoisotopic (exact) mass is 306 g/mol. The summed E-state index contributed by atoms with van der Waals surface area (Å²) in [4.78, 5) is 21.9. The maximum atomic E-state index is 11.6. The van der Waals surface area contributed by atoms with E-state index in [-0.39, 0.29) is 12.4 Å². The van der Waals surface area contributed by atoms with E-state index in [1.807, 2.05) is 18.2 Å². The van der Waals surface area contributed by atoms with Crippen LogP contribution < -0.4 is 4.74 Å². The lowest BCUT2D eigenvalue weighted by molar-refractivity contribution is -0.137. The van der Waals surface area contributed by atoms with Gasteiger partial charge in [0, 0.05) is 12.8 Å². The van der Waals surface area contributed by atoms with E-state index in [9.17, 15) is 9.59 Å². The lowest BCUT2D eigenvalue weighted by Gasteiger charge is -2.04. The Morgan fingerprint density at radius 1 is 0.773 bits per heavy atom. The second-order valence-electron chi connectivity index (χ2n) is 5.51. The van der Waals surface area contributed by atoms with Gasteiger partial charge in [0.2, 0.25) is 0 Å². The van der Waals surface area contributed by atoms with Crippen molar-refractivity contribution in [3.63, 3.8) is 0 Å². The molecule has 0 radical (unpaired) electrons. The summed E-state index contributed by atoms with van der Waals surface area (Å²) in [5, 5.41) is 8.51. The van der Waals surface area contributed by atoms with E-state index in [1.54, 1.807) is 12.1 Å². The molecule has 0 bridgehead atoms. The second-order valence-corrected chi connectivity index (χ2v) is 5.51. The molecular formula is C18H26O4. The SMILES string of the molecule is O=C(O)CCCCCCCCCCC(=O)Oc1ccccc1. The van der Waals surface area contributed by atoms with Gasteiger partial charge < -0.3 is 9.84 Å². The number of carbonyl (C=O) groups excluding carboxylic acids is 1. The zero-order chi connectivity index (χ0) is 16.0. The number of ether oxygens (including phenoxy) is 1. The Balaban J connectivity index is 1.89. The topological polar surface area (TPSA) is 63.6 Å². The minimum atomic E-state index is -0.706. The van der Waals surface area contributed by atoms with Crippen molar-refractivity contribution in [1.82, 2.24) is 0 Å². The molecule has 0 saturated heterocycles. The molecule has 0 heterocycles. The van der Waals surface area contributed by atoms with Crippen molar-refractivity contribution in [3.8, 4) is 5.75 Å². The molecule has 0 spiro atoms. The summed E-state index contributed by atoms with van der Waals surface area (Å²) in [6.07, 6.45) is 8.95. The number of para-hydroxylation sites is 1. The molecule has 0 atom stereocenters. The Kier molecular flexibility index (Phi) is 9.75. The Morgan fingerprint density at radius 2 is 1.27 bits per heavy atom. The molecule has 1 aromatic carbocycles. The van der Waals surface area contributed by atoms with Crippen LogP contribution in [0.5, 0.6) is 5.75 Å². The second kappa shape index (κ2) is 11.8. The van der Waals surface area contributed by atoms with Crippen molar-refractivity contribution in [2.45, 2.75) is 64.2 Å². The summed E-state index contributed by atoms with van der Waals surface area (Å²) >= 11 is 0. The molecule has 1 aromatic rings. The summed E-state index contributed by atoms with van der Waals surface area (Å²) in [7, 11) is 0. The standard InChI is InChI=1S/C18H26O4/c19-17(20)14-10-5-3-1-2-4-6-11-15-18(21)22-16-12-8-7-9-13-16/h7-9,12-13H,1-6,10-11,14-15H2,(H,19,20). The van der Waals surface area contributed by atoms with Crippen LogP contribution in [0, 0.1) is 0 Å². The van der Waals surface area contributed by atoms with Gasteiger partial charge in [-0.25, -0.2) is 0 Å². The van der Waals surface area contributed by atoms with Gasteiger partial charge in [-0.3, -0.25) is 9.59 Å². The number of esters is 1. The number of carboxylic acids is 1. The van der Waals surface area contributed by atoms with E-state index in [0.29, 0.717) is 12.2 Å². The number of unbranched alkanes of at least 4 members (excludes halogenated alkanes) is 7. The maximum Gasteiger partial charge on any atom is 0.311 e. The van der Waals surface area contributed by atoms with E-state index in [2.05, 4.69) is 0 Å². The third-order valence-electron chi connectivity index (χ3n) is 3.50. The highest BCUT2D eigenvalue weighted by Gasteiger charge is 2.04. The van der Waals surface area contributed by atoms with Crippen LogP contribution >= 0.6 is 0 Å². The summed E-state index contributed by atoms with van der Waals surface area (Å²) in [6, 6.07) is 9.14. The smallest absolute Gasteiger partial charge is 0.311 e. The molecular weight excluding hydrogens is 280 g/mol. The molecule has 0 fully saturated rings. The Hall–Kier alpha value is -1.84. The Labute approximate surface area is 132 Å². The lowest BCUT2D eigenvalue weighted by atomic mass is 10.1. The van der Waals surface area contributed by atoms with Crippen LogP contribution in [-0.2, 0) is 9.59 Å². The Bertz CT molecular complexity index is 428. The van der Waals surface area contributed by atoms with Crippen LogP contribution in [0.4, 0.5) is 0 Å². The highest BCUT2D eigenvalue weighted by Crippen LogP contribution is 2.13. The number of aliphatic carboxylic acids is 1. The van der Waals surface area contributed by atoms with Crippen molar-refractivity contribution in [2.24, 2.45) is 0 Å². The third kappa shape index (κ3) is 9.97. The molecule has 4 heteroatoms. The van der Waals surface area contributed by atoms with Gasteiger partial charge in [0.1, 0.15) is 5.75 Å². The summed E-state index contributed by atoms with van der Waals surface area (Å²) in [6.45, 7) is 0. The van der Waals surface area contributed by atoms with Crippen molar-refractivity contribution in [1.29, 1.82) is 0 Å². The molecule has 0 aliphatic carbocycles. The quantitative estimate of drug-likeness (QED) is 0.349. The van der Waals surface area contributed by atoms with Gasteiger partial charge in [0.05, 0.1) is 0 Å². The van der Waals surface area contributed by atoms with Crippen LogP contribution in [0.15, 0.2) is 30.3 Å². The Morgan fingerprint density at radius 3 is 1.82 bits per heavy atom. The first kappa shape index (κ1) is 18.2. The van der Waals surface area contributed by atoms with Crippen LogP contribution in [-0.4, -0.2) is 17.0 Å². The number of carboxylic acid groups (broad SMARTS) is 1. The largest absolute Gasteiger partial charge is 0.481 e. The molecule has 0 aliphatic rings. The summed E-state index contributed by atoms with van der Waals surface area (Å²) in [5.41, 5.74) is 0. The number of benzene rings is 1. The zero-order valence-electron chi connectivity index (χ0n) is 13.1. The molecule has 4 nitrogen and oxygen atoms in total. The molecule has 0 unspecified atom stereocenters. The van der Waals surface area contributed by atoms with E-state index in [0.717, 1.165) is 51.4 Å². The van der Waals surface area contributed by atoms with E-state index in [4.69, 9.17) is 9.84 Å². The highest BCUT2D eigenvalue weighted by atomic mass is 16.5. The van der Waals surface area contributed by atoms with Crippen molar-refractivity contribution in [3.05, 3.63) is 30.3 Å². The fourth-order valence-corrected chi connectivity index (χ4v) is 2.28. The van der Waals surface area contributed by atoms with Crippen LogP contribution in [0.2, 0.25) is 0 Å². The first-order valence-corrected chi connectivity index (χ1v) is 8.16. The number of hydrogen-bond acceptors (Lipinski definition) is 3. The number of rotatable bonds is 12. The first-order valence-electron chi connectivity index (χ1n) is 8.16. The van der Waals surface area contributed by atoms with E-state index >= 15 is 0 Å². The predicted molar refractivity (Wildman–Crippen MR) is 85.9 cm³/mol. The number of hydrogen-bond donors (Lipinski definition) is 1. The van der Waals surface area contributed by atoms with Gasteiger partial charge >= 0.3 is 11.9 Å². The minimum Gasteiger partial charge on any atom is -0.481 e. The highest BCUT2D eigenvalue weighted by molar-refractivity contribution is 5.72. The van der Waals surface area contributed by atoms with E-state index in [1.165, 1.54) is 0 Å².